The number of hydrogen-bond acceptors (Lipinski definition) is 2. The number of benzene rings is 2. The van der Waals surface area contributed by atoms with Crippen molar-refractivity contribution in [3.05, 3.63) is 93.2 Å². The summed E-state index contributed by atoms with van der Waals surface area (Å²) in [7, 11) is 1.63. The van der Waals surface area contributed by atoms with Gasteiger partial charge in [0.05, 0.1) is 23.2 Å². The Kier molecular flexibility index (Phi) is 7.37. The zero-order valence-corrected chi connectivity index (χ0v) is 18.1. The van der Waals surface area contributed by atoms with Gasteiger partial charge in [-0.3, -0.25) is 4.79 Å². The van der Waals surface area contributed by atoms with Gasteiger partial charge in [0.1, 0.15) is 0 Å². The molecule has 0 atom stereocenters. The number of rotatable bonds is 8. The van der Waals surface area contributed by atoms with Crippen LogP contribution in [0.4, 0.5) is 0 Å². The quantitative estimate of drug-likeness (QED) is 0.476. The lowest BCUT2D eigenvalue weighted by Gasteiger charge is -2.24. The van der Waals surface area contributed by atoms with Crippen LogP contribution in [0.3, 0.4) is 0 Å². The second-order valence-corrected chi connectivity index (χ2v) is 7.78. The van der Waals surface area contributed by atoms with Gasteiger partial charge in [0.25, 0.3) is 5.91 Å². The first kappa shape index (κ1) is 21.4. The lowest BCUT2D eigenvalue weighted by atomic mass is 10.1. The van der Waals surface area contributed by atoms with Crippen LogP contribution in [0.5, 0.6) is 0 Å². The molecule has 0 unspecified atom stereocenters. The van der Waals surface area contributed by atoms with Crippen molar-refractivity contribution in [2.75, 3.05) is 20.3 Å². The van der Waals surface area contributed by atoms with Crippen LogP contribution in [-0.4, -0.2) is 35.6 Å². The van der Waals surface area contributed by atoms with E-state index < -0.39 is 0 Å². The van der Waals surface area contributed by atoms with Crippen molar-refractivity contribution in [3.63, 3.8) is 0 Å². The minimum Gasteiger partial charge on any atom is -0.383 e. The fourth-order valence-corrected chi connectivity index (χ4v) is 3.40. The van der Waals surface area contributed by atoms with Gasteiger partial charge in [0.2, 0.25) is 0 Å². The van der Waals surface area contributed by atoms with Crippen molar-refractivity contribution in [1.29, 1.82) is 0 Å². The molecule has 3 rings (SSSR count). The lowest BCUT2D eigenvalue weighted by Crippen LogP contribution is -2.34. The van der Waals surface area contributed by atoms with E-state index in [2.05, 4.69) is 35.8 Å². The van der Waals surface area contributed by atoms with Crippen molar-refractivity contribution in [2.24, 2.45) is 0 Å². The summed E-state index contributed by atoms with van der Waals surface area (Å²) in [5.74, 6) is -0.108. The molecule has 0 N–H and O–H groups in total. The highest BCUT2D eigenvalue weighted by Crippen LogP contribution is 2.24. The minimum atomic E-state index is -0.108. The summed E-state index contributed by atoms with van der Waals surface area (Å²) < 4.78 is 7.37. The van der Waals surface area contributed by atoms with E-state index in [4.69, 9.17) is 27.9 Å². The van der Waals surface area contributed by atoms with Gasteiger partial charge in [-0.05, 0) is 42.8 Å². The summed E-state index contributed by atoms with van der Waals surface area (Å²) in [6.45, 7) is 4.23. The Balaban J connectivity index is 1.80. The molecule has 1 aromatic heterocycles. The highest BCUT2D eigenvalue weighted by molar-refractivity contribution is 6.42. The number of hydrogen-bond donors (Lipinski definition) is 0. The van der Waals surface area contributed by atoms with Gasteiger partial charge in [0.15, 0.2) is 0 Å². The third kappa shape index (κ3) is 5.63. The molecule has 0 saturated carbocycles. The van der Waals surface area contributed by atoms with E-state index in [9.17, 15) is 4.79 Å². The van der Waals surface area contributed by atoms with E-state index >= 15 is 0 Å². The molecular weight excluding hydrogens is 407 g/mol. The Labute approximate surface area is 181 Å². The van der Waals surface area contributed by atoms with Crippen molar-refractivity contribution in [1.82, 2.24) is 9.47 Å². The minimum absolute atomic E-state index is 0.108. The molecule has 0 bridgehead atoms. The summed E-state index contributed by atoms with van der Waals surface area (Å²) in [6, 6.07) is 17.5. The largest absolute Gasteiger partial charge is 0.383 e. The number of nitrogens with zero attached hydrogens (tertiary/aromatic N) is 2. The molecule has 4 nitrogen and oxygen atoms in total. The lowest BCUT2D eigenvalue weighted by molar-refractivity contribution is 0.0676. The van der Waals surface area contributed by atoms with E-state index in [0.717, 1.165) is 12.2 Å². The summed E-state index contributed by atoms with van der Waals surface area (Å²) >= 11 is 12.1. The topological polar surface area (TPSA) is 34.5 Å². The van der Waals surface area contributed by atoms with Gasteiger partial charge in [0, 0.05) is 37.7 Å². The molecule has 0 aliphatic rings. The molecule has 0 aliphatic heterocycles. The van der Waals surface area contributed by atoms with Crippen molar-refractivity contribution in [3.8, 4) is 0 Å². The maximum Gasteiger partial charge on any atom is 0.254 e. The van der Waals surface area contributed by atoms with E-state index in [-0.39, 0.29) is 5.91 Å². The number of carbonyl (C=O) groups excluding carboxylic acids is 1. The maximum atomic E-state index is 13.1. The van der Waals surface area contributed by atoms with Crippen LogP contribution in [0.2, 0.25) is 10.0 Å². The maximum absolute atomic E-state index is 13.1. The zero-order chi connectivity index (χ0) is 20.8. The zero-order valence-electron chi connectivity index (χ0n) is 16.6. The van der Waals surface area contributed by atoms with E-state index in [1.807, 2.05) is 18.3 Å². The molecule has 29 heavy (non-hydrogen) atoms. The number of halogens is 2. The Morgan fingerprint density at radius 1 is 1.07 bits per heavy atom. The molecule has 0 aliphatic carbocycles. The van der Waals surface area contributed by atoms with Crippen molar-refractivity contribution < 1.29 is 9.53 Å². The SMILES string of the molecule is COCCN(Cc1cccn1Cc1ccc(C)cc1)C(=O)c1ccc(Cl)c(Cl)c1. The number of carbonyl (C=O) groups is 1. The van der Waals surface area contributed by atoms with Crippen LogP contribution in [0.15, 0.2) is 60.8 Å². The number of ether oxygens (including phenoxy) is 1. The van der Waals surface area contributed by atoms with Gasteiger partial charge in [-0.2, -0.15) is 0 Å². The Morgan fingerprint density at radius 3 is 2.52 bits per heavy atom. The normalized spacial score (nSPS) is 10.9. The summed E-state index contributed by atoms with van der Waals surface area (Å²) in [5, 5.41) is 0.797. The van der Waals surface area contributed by atoms with Gasteiger partial charge in [-0.25, -0.2) is 0 Å². The number of methoxy groups -OCH3 is 1. The van der Waals surface area contributed by atoms with Crippen LogP contribution >= 0.6 is 23.2 Å². The van der Waals surface area contributed by atoms with Crippen LogP contribution < -0.4 is 0 Å². The van der Waals surface area contributed by atoms with Crippen LogP contribution in [0.25, 0.3) is 0 Å². The summed E-state index contributed by atoms with van der Waals surface area (Å²) in [6.07, 6.45) is 2.04. The first-order valence-corrected chi connectivity index (χ1v) is 10.2. The predicted molar refractivity (Wildman–Crippen MR) is 118 cm³/mol. The number of aryl methyl sites for hydroxylation is 1. The smallest absolute Gasteiger partial charge is 0.254 e. The molecule has 3 aromatic rings. The highest BCUT2D eigenvalue weighted by Gasteiger charge is 2.18. The monoisotopic (exact) mass is 430 g/mol. The first-order valence-electron chi connectivity index (χ1n) is 9.40. The Bertz CT molecular complexity index is 967. The average molecular weight is 431 g/mol. The summed E-state index contributed by atoms with van der Waals surface area (Å²) in [4.78, 5) is 14.9. The van der Waals surface area contributed by atoms with Gasteiger partial charge >= 0.3 is 0 Å². The second kappa shape index (κ2) is 9.97. The molecule has 1 heterocycles. The molecule has 0 radical (unpaired) electrons. The first-order chi connectivity index (χ1) is 14.0. The molecule has 0 saturated heterocycles. The van der Waals surface area contributed by atoms with Crippen LogP contribution in [0, 0.1) is 6.92 Å². The molecule has 0 fully saturated rings. The second-order valence-electron chi connectivity index (χ2n) is 6.96. The molecule has 152 valence electrons. The summed E-state index contributed by atoms with van der Waals surface area (Å²) in [5.41, 5.74) is 4.01. The van der Waals surface area contributed by atoms with E-state index in [1.54, 1.807) is 30.2 Å². The third-order valence-electron chi connectivity index (χ3n) is 4.77. The standard InChI is InChI=1S/C23H24Cl2N2O2/c1-17-5-7-18(8-6-17)15-26-11-3-4-20(26)16-27(12-13-29-2)23(28)19-9-10-21(24)22(25)14-19/h3-11,14H,12-13,15-16H2,1-2H3. The fourth-order valence-electron chi connectivity index (χ4n) is 3.10. The van der Waals surface area contributed by atoms with Gasteiger partial charge in [-0.1, -0.05) is 53.0 Å². The Hall–Kier alpha value is -2.27. The molecule has 0 spiro atoms. The van der Waals surface area contributed by atoms with Crippen molar-refractivity contribution >= 4 is 29.1 Å². The van der Waals surface area contributed by atoms with Gasteiger partial charge < -0.3 is 14.2 Å². The van der Waals surface area contributed by atoms with Crippen molar-refractivity contribution in [2.45, 2.75) is 20.0 Å². The highest BCUT2D eigenvalue weighted by atomic mass is 35.5. The Morgan fingerprint density at radius 2 is 1.83 bits per heavy atom. The average Bonchev–Trinajstić information content (AvgIpc) is 3.15. The predicted octanol–water partition coefficient (Wildman–Crippen LogP) is 5.44. The molecule has 1 amide bonds. The molecule has 6 heteroatoms. The molecule has 2 aromatic carbocycles. The van der Waals surface area contributed by atoms with E-state index in [1.165, 1.54) is 11.1 Å². The number of amides is 1. The van der Waals surface area contributed by atoms with Crippen LogP contribution in [0.1, 0.15) is 27.2 Å². The van der Waals surface area contributed by atoms with Crippen LogP contribution in [-0.2, 0) is 17.8 Å². The fraction of sp³-hybridized carbons (Fsp3) is 0.261. The van der Waals surface area contributed by atoms with Gasteiger partial charge in [-0.15, -0.1) is 0 Å². The van der Waals surface area contributed by atoms with E-state index in [0.29, 0.717) is 35.3 Å². The third-order valence-corrected chi connectivity index (χ3v) is 5.51. The number of aromatic nitrogens is 1. The molecular formula is C23H24Cl2N2O2.